The molecule has 2 N–H and O–H groups in total. The van der Waals surface area contributed by atoms with Crippen LogP contribution >= 0.6 is 0 Å². The maximum atomic E-state index is 11.2. The van der Waals surface area contributed by atoms with Crippen molar-refractivity contribution in [2.45, 2.75) is 117 Å². The van der Waals surface area contributed by atoms with Crippen molar-refractivity contribution in [2.24, 2.45) is 52.3 Å². The zero-order chi connectivity index (χ0) is 21.4. The zero-order valence-electron chi connectivity index (χ0n) is 20.0. The lowest BCUT2D eigenvalue weighted by molar-refractivity contribution is -0.172. The van der Waals surface area contributed by atoms with Gasteiger partial charge in [0.05, 0.1) is 24.4 Å². The Morgan fingerprint density at radius 1 is 0.933 bits per heavy atom. The van der Waals surface area contributed by atoms with Crippen LogP contribution in [0.4, 0.5) is 0 Å². The van der Waals surface area contributed by atoms with E-state index in [1.807, 2.05) is 0 Å². The van der Waals surface area contributed by atoms with Crippen molar-refractivity contribution in [1.29, 1.82) is 0 Å². The van der Waals surface area contributed by atoms with Crippen LogP contribution in [-0.4, -0.2) is 34.6 Å². The van der Waals surface area contributed by atoms with Gasteiger partial charge in [0, 0.05) is 0 Å². The minimum Gasteiger partial charge on any atom is -0.393 e. The topological polar surface area (TPSA) is 49.7 Å². The minimum absolute atomic E-state index is 0.203. The van der Waals surface area contributed by atoms with E-state index in [2.05, 4.69) is 34.6 Å². The Morgan fingerprint density at radius 3 is 2.40 bits per heavy atom. The fourth-order valence-corrected chi connectivity index (χ4v) is 9.79. The lowest BCUT2D eigenvalue weighted by Crippen LogP contribution is -2.58. The molecule has 1 heterocycles. The SMILES string of the molecule is CC(C)CCC1O[C@H]2C[C@H]3[C@@H]4C[C@@H](O)[C@H]5C[C@@H](O)CC[C@]5(C)[C@H]4CC[C@]3(C)[C@H]2[C@@H]1C. The van der Waals surface area contributed by atoms with Gasteiger partial charge in [0.15, 0.2) is 0 Å². The number of ether oxygens (including phenoxy) is 1. The molecule has 172 valence electrons. The second-order valence-electron chi connectivity index (χ2n) is 13.1. The number of hydrogen-bond donors (Lipinski definition) is 2. The highest BCUT2D eigenvalue weighted by molar-refractivity contribution is 5.15. The summed E-state index contributed by atoms with van der Waals surface area (Å²) in [7, 11) is 0. The van der Waals surface area contributed by atoms with E-state index in [0.29, 0.717) is 47.2 Å². The Hall–Kier alpha value is -0.120. The van der Waals surface area contributed by atoms with E-state index >= 15 is 0 Å². The molecule has 5 rings (SSSR count). The van der Waals surface area contributed by atoms with Gasteiger partial charge >= 0.3 is 0 Å². The first-order chi connectivity index (χ1) is 14.1. The van der Waals surface area contributed by atoms with Crippen LogP contribution in [0.15, 0.2) is 0 Å². The summed E-state index contributed by atoms with van der Waals surface area (Å²) in [5, 5.41) is 21.5. The molecule has 1 aliphatic heterocycles. The van der Waals surface area contributed by atoms with Crippen molar-refractivity contribution in [3.8, 4) is 0 Å². The predicted molar refractivity (Wildman–Crippen MR) is 120 cm³/mol. The molecule has 0 aromatic heterocycles. The highest BCUT2D eigenvalue weighted by atomic mass is 16.5. The molecule has 1 unspecified atom stereocenters. The van der Waals surface area contributed by atoms with Crippen LogP contribution in [0.3, 0.4) is 0 Å². The van der Waals surface area contributed by atoms with Gasteiger partial charge in [-0.1, -0.05) is 34.6 Å². The van der Waals surface area contributed by atoms with Gasteiger partial charge in [-0.25, -0.2) is 0 Å². The first-order valence-electron chi connectivity index (χ1n) is 13.2. The van der Waals surface area contributed by atoms with Gasteiger partial charge in [0.1, 0.15) is 0 Å². The molecule has 0 radical (unpaired) electrons. The predicted octanol–water partition coefficient (Wildman–Crippen LogP) is 5.43. The largest absolute Gasteiger partial charge is 0.393 e. The van der Waals surface area contributed by atoms with E-state index in [0.717, 1.165) is 37.5 Å². The fourth-order valence-electron chi connectivity index (χ4n) is 9.79. The van der Waals surface area contributed by atoms with Crippen LogP contribution < -0.4 is 0 Å². The van der Waals surface area contributed by atoms with Crippen LogP contribution in [0.5, 0.6) is 0 Å². The smallest absolute Gasteiger partial charge is 0.0618 e. The van der Waals surface area contributed by atoms with E-state index in [-0.39, 0.29) is 17.6 Å². The van der Waals surface area contributed by atoms with Gasteiger partial charge in [-0.15, -0.1) is 0 Å². The first kappa shape index (κ1) is 21.7. The van der Waals surface area contributed by atoms with Crippen LogP contribution in [0, 0.1) is 52.3 Å². The summed E-state index contributed by atoms with van der Waals surface area (Å²) in [6.45, 7) is 12.2. The molecule has 4 saturated carbocycles. The molecule has 30 heavy (non-hydrogen) atoms. The van der Waals surface area contributed by atoms with Gasteiger partial charge in [-0.2, -0.15) is 0 Å². The second-order valence-corrected chi connectivity index (χ2v) is 13.1. The van der Waals surface area contributed by atoms with Crippen molar-refractivity contribution >= 4 is 0 Å². The Morgan fingerprint density at radius 2 is 1.67 bits per heavy atom. The molecule has 0 aromatic carbocycles. The zero-order valence-corrected chi connectivity index (χ0v) is 20.0. The molecule has 3 heteroatoms. The summed E-state index contributed by atoms with van der Waals surface area (Å²) < 4.78 is 6.76. The Bertz CT molecular complexity index is 648. The Balaban J connectivity index is 1.37. The summed E-state index contributed by atoms with van der Waals surface area (Å²) in [4.78, 5) is 0. The van der Waals surface area contributed by atoms with E-state index in [1.54, 1.807) is 0 Å². The standard InChI is InChI=1S/C27H46O3/c1-15(2)6-7-23-16(3)25-24(30-23)14-20-18-13-22(29)21-12-17(28)8-10-26(21,4)19(18)9-11-27(20,25)5/h15-25,28-29H,6-14H2,1-5H3/t16-,17+,18-,19+,20+,21-,22-,23?,24+,25+,26-,27+/m1/s1. The quantitative estimate of drug-likeness (QED) is 0.643. The number of aliphatic hydroxyl groups is 2. The van der Waals surface area contributed by atoms with Crippen LogP contribution in [-0.2, 0) is 4.74 Å². The third kappa shape index (κ3) is 3.08. The Labute approximate surface area is 184 Å². The summed E-state index contributed by atoms with van der Waals surface area (Å²) >= 11 is 0. The molecule has 0 bridgehead atoms. The van der Waals surface area contributed by atoms with E-state index in [9.17, 15) is 10.2 Å². The maximum absolute atomic E-state index is 11.2. The van der Waals surface area contributed by atoms with E-state index in [1.165, 1.54) is 32.1 Å². The van der Waals surface area contributed by atoms with Crippen molar-refractivity contribution in [3.63, 3.8) is 0 Å². The molecule has 0 spiro atoms. The monoisotopic (exact) mass is 418 g/mol. The number of hydrogen-bond acceptors (Lipinski definition) is 3. The molecule has 1 saturated heterocycles. The third-order valence-corrected chi connectivity index (χ3v) is 11.3. The first-order valence-corrected chi connectivity index (χ1v) is 13.2. The molecule has 12 atom stereocenters. The molecular weight excluding hydrogens is 372 g/mol. The van der Waals surface area contributed by atoms with E-state index < -0.39 is 0 Å². The molecule has 5 fully saturated rings. The average Bonchev–Trinajstić information content (AvgIpc) is 3.15. The fraction of sp³-hybridized carbons (Fsp3) is 1.00. The number of fused-ring (bicyclic) bond motifs is 7. The van der Waals surface area contributed by atoms with Gasteiger partial charge in [0.25, 0.3) is 0 Å². The average molecular weight is 419 g/mol. The van der Waals surface area contributed by atoms with Crippen LogP contribution in [0.25, 0.3) is 0 Å². The normalized spacial score (nSPS) is 57.6. The van der Waals surface area contributed by atoms with Crippen LogP contribution in [0.1, 0.15) is 92.4 Å². The molecule has 3 nitrogen and oxygen atoms in total. The van der Waals surface area contributed by atoms with Crippen molar-refractivity contribution < 1.29 is 14.9 Å². The maximum Gasteiger partial charge on any atom is 0.0618 e. The second kappa shape index (κ2) is 7.45. The van der Waals surface area contributed by atoms with Gasteiger partial charge in [-0.3, -0.25) is 0 Å². The van der Waals surface area contributed by atoms with Gasteiger partial charge in [0.2, 0.25) is 0 Å². The molecule has 0 amide bonds. The van der Waals surface area contributed by atoms with Crippen molar-refractivity contribution in [1.82, 2.24) is 0 Å². The number of rotatable bonds is 3. The van der Waals surface area contributed by atoms with Gasteiger partial charge in [-0.05, 0) is 110 Å². The third-order valence-electron chi connectivity index (χ3n) is 11.3. The summed E-state index contributed by atoms with van der Waals surface area (Å²) in [5.41, 5.74) is 0.599. The highest BCUT2D eigenvalue weighted by Crippen LogP contribution is 2.70. The molecular formula is C27H46O3. The summed E-state index contributed by atoms with van der Waals surface area (Å²) in [6.07, 6.45) is 10.6. The molecule has 4 aliphatic carbocycles. The Kier molecular flexibility index (Phi) is 5.39. The highest BCUT2D eigenvalue weighted by Gasteiger charge is 2.66. The summed E-state index contributed by atoms with van der Waals surface area (Å²) in [6, 6.07) is 0. The minimum atomic E-state index is -0.230. The van der Waals surface area contributed by atoms with Crippen molar-refractivity contribution in [3.05, 3.63) is 0 Å². The van der Waals surface area contributed by atoms with Crippen LogP contribution in [0.2, 0.25) is 0 Å². The lowest BCUT2D eigenvalue weighted by atomic mass is 9.43. The van der Waals surface area contributed by atoms with Gasteiger partial charge < -0.3 is 14.9 Å². The molecule has 5 aliphatic rings. The van der Waals surface area contributed by atoms with E-state index in [4.69, 9.17) is 4.74 Å². The lowest BCUT2D eigenvalue weighted by Gasteiger charge is -2.62. The molecule has 0 aromatic rings. The van der Waals surface area contributed by atoms with Crippen molar-refractivity contribution in [2.75, 3.05) is 0 Å². The summed E-state index contributed by atoms with van der Waals surface area (Å²) in [5.74, 6) is 4.50. The number of aliphatic hydroxyl groups excluding tert-OH is 2.